The Kier molecular flexibility index (Phi) is 4.94. The highest BCUT2D eigenvalue weighted by molar-refractivity contribution is 5.85. The van der Waals surface area contributed by atoms with Crippen LogP contribution in [-0.4, -0.2) is 74.4 Å². The number of anilines is 3. The number of nitrogens with one attached hydrogen (secondary N) is 3. The van der Waals surface area contributed by atoms with E-state index >= 15 is 0 Å². The van der Waals surface area contributed by atoms with E-state index in [2.05, 4.69) is 31.8 Å². The average Bonchev–Trinajstić information content (AvgIpc) is 3.19. The highest BCUT2D eigenvalue weighted by Crippen LogP contribution is 2.39. The Bertz CT molecular complexity index is 1110. The molecule has 0 spiro atoms. The molecule has 10 heteroatoms. The van der Waals surface area contributed by atoms with Crippen molar-refractivity contribution in [3.8, 4) is 0 Å². The fourth-order valence-corrected chi connectivity index (χ4v) is 4.80. The van der Waals surface area contributed by atoms with E-state index in [4.69, 9.17) is 10.1 Å². The van der Waals surface area contributed by atoms with E-state index in [0.29, 0.717) is 17.7 Å². The highest BCUT2D eigenvalue weighted by Gasteiger charge is 2.36. The number of carbonyl (C=O) groups excluding carboxylic acids is 1. The van der Waals surface area contributed by atoms with E-state index in [0.717, 1.165) is 63.3 Å². The van der Waals surface area contributed by atoms with Gasteiger partial charge in [0.05, 0.1) is 0 Å². The lowest BCUT2D eigenvalue weighted by atomic mass is 10.2. The molecule has 0 aromatic carbocycles. The first-order chi connectivity index (χ1) is 15.8. The second kappa shape index (κ2) is 8.09. The van der Waals surface area contributed by atoms with Gasteiger partial charge in [-0.1, -0.05) is 0 Å². The van der Waals surface area contributed by atoms with Gasteiger partial charge in [-0.2, -0.15) is 10.1 Å². The van der Waals surface area contributed by atoms with Gasteiger partial charge in [-0.15, -0.1) is 5.10 Å². The fourth-order valence-electron chi connectivity index (χ4n) is 4.80. The minimum Gasteiger partial charge on any atom is -0.340 e. The van der Waals surface area contributed by atoms with Crippen LogP contribution in [0.5, 0.6) is 0 Å². The Morgan fingerprint density at radius 2 is 2.06 bits per heavy atom. The van der Waals surface area contributed by atoms with Gasteiger partial charge in [-0.3, -0.25) is 9.89 Å². The fraction of sp³-hybridized carbons (Fsp3) is 0.545. The summed E-state index contributed by atoms with van der Waals surface area (Å²) >= 11 is 0. The summed E-state index contributed by atoms with van der Waals surface area (Å²) in [5.74, 6) is 2.84. The molecule has 1 aliphatic carbocycles. The van der Waals surface area contributed by atoms with Crippen LogP contribution in [0.1, 0.15) is 43.7 Å². The van der Waals surface area contributed by atoms with Gasteiger partial charge in [0.15, 0.2) is 11.6 Å². The molecule has 3 fully saturated rings. The SMILES string of the molecule is O=C([C@@H]1CCCN1c1nc(Nc2cc(C3CC3)[nH]n2)c2cccn2n1)N1CCCNCC1. The van der Waals surface area contributed by atoms with Gasteiger partial charge in [-0.25, -0.2) is 4.52 Å². The number of aromatic nitrogens is 5. The molecule has 1 saturated carbocycles. The smallest absolute Gasteiger partial charge is 0.246 e. The van der Waals surface area contributed by atoms with Crippen LogP contribution < -0.4 is 15.5 Å². The van der Waals surface area contributed by atoms with Crippen LogP contribution in [-0.2, 0) is 4.79 Å². The molecule has 3 aromatic heterocycles. The van der Waals surface area contributed by atoms with Crippen molar-refractivity contribution >= 4 is 29.0 Å². The topological polar surface area (TPSA) is 106 Å². The number of carbonyl (C=O) groups is 1. The Labute approximate surface area is 186 Å². The molecule has 0 unspecified atom stereocenters. The van der Waals surface area contributed by atoms with Gasteiger partial charge in [0, 0.05) is 50.1 Å². The molecular weight excluding hydrogens is 406 g/mol. The van der Waals surface area contributed by atoms with Crippen molar-refractivity contribution in [2.45, 2.75) is 44.1 Å². The van der Waals surface area contributed by atoms with Crippen LogP contribution in [0, 0.1) is 0 Å². The first kappa shape index (κ1) is 19.5. The molecule has 2 aliphatic heterocycles. The van der Waals surface area contributed by atoms with E-state index in [-0.39, 0.29) is 11.9 Å². The lowest BCUT2D eigenvalue weighted by Gasteiger charge is -2.29. The molecule has 3 N–H and O–H groups in total. The molecule has 0 bridgehead atoms. The molecule has 6 rings (SSSR count). The third-order valence-corrected chi connectivity index (χ3v) is 6.69. The van der Waals surface area contributed by atoms with Crippen LogP contribution in [0.4, 0.5) is 17.6 Å². The number of rotatable bonds is 5. The first-order valence-corrected chi connectivity index (χ1v) is 11.7. The van der Waals surface area contributed by atoms with Crippen LogP contribution in [0.15, 0.2) is 24.4 Å². The maximum atomic E-state index is 13.4. The third-order valence-electron chi connectivity index (χ3n) is 6.69. The lowest BCUT2D eigenvalue weighted by molar-refractivity contribution is -0.132. The van der Waals surface area contributed by atoms with Gasteiger partial charge in [-0.05, 0) is 50.8 Å². The zero-order valence-corrected chi connectivity index (χ0v) is 18.1. The molecule has 1 amide bonds. The summed E-state index contributed by atoms with van der Waals surface area (Å²) in [6.45, 7) is 4.17. The van der Waals surface area contributed by atoms with Crippen LogP contribution in [0.2, 0.25) is 0 Å². The van der Waals surface area contributed by atoms with Crippen molar-refractivity contribution in [1.82, 2.24) is 35.0 Å². The summed E-state index contributed by atoms with van der Waals surface area (Å²) in [6, 6.07) is 5.79. The maximum absolute atomic E-state index is 13.4. The molecule has 5 heterocycles. The van der Waals surface area contributed by atoms with Crippen molar-refractivity contribution in [3.05, 3.63) is 30.1 Å². The van der Waals surface area contributed by atoms with Crippen molar-refractivity contribution in [2.75, 3.05) is 42.9 Å². The number of H-pyrrole nitrogens is 1. The minimum absolute atomic E-state index is 0.193. The highest BCUT2D eigenvalue weighted by atomic mass is 16.2. The van der Waals surface area contributed by atoms with E-state index in [9.17, 15) is 4.79 Å². The van der Waals surface area contributed by atoms with Gasteiger partial charge >= 0.3 is 0 Å². The summed E-state index contributed by atoms with van der Waals surface area (Å²) in [7, 11) is 0. The van der Waals surface area contributed by atoms with Crippen molar-refractivity contribution in [1.29, 1.82) is 0 Å². The molecule has 3 aromatic rings. The number of fused-ring (bicyclic) bond motifs is 1. The monoisotopic (exact) mass is 435 g/mol. The van der Waals surface area contributed by atoms with Gasteiger partial charge in [0.25, 0.3) is 0 Å². The van der Waals surface area contributed by atoms with Crippen LogP contribution in [0.3, 0.4) is 0 Å². The summed E-state index contributed by atoms with van der Waals surface area (Å²) < 4.78 is 1.83. The molecule has 1 atom stereocenters. The maximum Gasteiger partial charge on any atom is 0.246 e. The summed E-state index contributed by atoms with van der Waals surface area (Å²) in [4.78, 5) is 22.3. The summed E-state index contributed by atoms with van der Waals surface area (Å²) in [6.07, 6.45) is 7.15. The van der Waals surface area contributed by atoms with Gasteiger partial charge in [0.1, 0.15) is 11.6 Å². The summed E-state index contributed by atoms with van der Waals surface area (Å²) in [5.41, 5.74) is 2.05. The second-order valence-corrected chi connectivity index (χ2v) is 8.99. The van der Waals surface area contributed by atoms with E-state index in [1.807, 2.05) is 27.7 Å². The average molecular weight is 436 g/mol. The second-order valence-electron chi connectivity index (χ2n) is 8.99. The molecule has 2 saturated heterocycles. The predicted octanol–water partition coefficient (Wildman–Crippen LogP) is 1.86. The minimum atomic E-state index is -0.208. The Hall–Kier alpha value is -3.14. The molecule has 10 nitrogen and oxygen atoms in total. The van der Waals surface area contributed by atoms with E-state index in [1.54, 1.807) is 0 Å². The predicted molar refractivity (Wildman–Crippen MR) is 121 cm³/mol. The van der Waals surface area contributed by atoms with Crippen LogP contribution in [0.25, 0.3) is 5.52 Å². The summed E-state index contributed by atoms with van der Waals surface area (Å²) in [5, 5.41) is 19.0. The Morgan fingerprint density at radius 3 is 2.97 bits per heavy atom. The van der Waals surface area contributed by atoms with Gasteiger partial charge in [0.2, 0.25) is 11.9 Å². The molecule has 168 valence electrons. The van der Waals surface area contributed by atoms with Crippen molar-refractivity contribution in [2.24, 2.45) is 0 Å². The Morgan fingerprint density at radius 1 is 1.12 bits per heavy atom. The van der Waals surface area contributed by atoms with Crippen molar-refractivity contribution < 1.29 is 4.79 Å². The number of amides is 1. The first-order valence-electron chi connectivity index (χ1n) is 11.7. The molecule has 3 aliphatic rings. The lowest BCUT2D eigenvalue weighted by Crippen LogP contribution is -2.47. The van der Waals surface area contributed by atoms with E-state index < -0.39 is 0 Å². The number of aromatic amines is 1. The van der Waals surface area contributed by atoms with E-state index in [1.165, 1.54) is 18.5 Å². The quantitative estimate of drug-likeness (QED) is 0.562. The van der Waals surface area contributed by atoms with Crippen LogP contribution >= 0.6 is 0 Å². The number of hydrogen-bond acceptors (Lipinski definition) is 7. The largest absolute Gasteiger partial charge is 0.340 e. The number of nitrogens with zero attached hydrogens (tertiary/aromatic N) is 6. The third kappa shape index (κ3) is 3.68. The number of hydrogen-bond donors (Lipinski definition) is 3. The standard InChI is InChI=1S/C22H29N9O/c32-21(29-10-3-8-23-9-13-29)18-5-1-11-30(18)22-25-20(17-4-2-12-31(17)28-22)24-19-14-16(26-27-19)15-6-7-15/h2,4,12,14-15,18,23H,1,3,5-11,13H2,(H2,24,25,26,27,28)/t18-/m0/s1. The zero-order chi connectivity index (χ0) is 21.5. The normalized spacial score (nSPS) is 21.8. The van der Waals surface area contributed by atoms with Gasteiger partial charge < -0.3 is 20.4 Å². The molecular formula is C22H29N9O. The van der Waals surface area contributed by atoms with Crippen molar-refractivity contribution in [3.63, 3.8) is 0 Å². The molecule has 32 heavy (non-hydrogen) atoms. The molecule has 0 radical (unpaired) electrons. The zero-order valence-electron chi connectivity index (χ0n) is 18.1. The Balaban J connectivity index is 1.28.